The summed E-state index contributed by atoms with van der Waals surface area (Å²) in [5, 5.41) is 5.47. The quantitative estimate of drug-likeness (QED) is 0.431. The summed E-state index contributed by atoms with van der Waals surface area (Å²) < 4.78 is 10.5. The van der Waals surface area contributed by atoms with Crippen molar-refractivity contribution < 1.29 is 28.7 Å². The van der Waals surface area contributed by atoms with Crippen molar-refractivity contribution in [2.24, 2.45) is 5.73 Å². The van der Waals surface area contributed by atoms with Crippen LogP contribution >= 0.6 is 0 Å². The van der Waals surface area contributed by atoms with Gasteiger partial charge < -0.3 is 30.7 Å². The SMILES string of the molecule is COc1ccc(C(=O)Nc2cc(C(N)=O)ccc2NC(=O)c2ccc(N3CCCC3=O)cc2)cc1OC. The summed E-state index contributed by atoms with van der Waals surface area (Å²) in [5.74, 6) is -0.741. The summed E-state index contributed by atoms with van der Waals surface area (Å²) in [6, 6.07) is 15.7. The van der Waals surface area contributed by atoms with Crippen molar-refractivity contribution in [1.29, 1.82) is 0 Å². The van der Waals surface area contributed by atoms with Gasteiger partial charge in [0.15, 0.2) is 11.5 Å². The van der Waals surface area contributed by atoms with Crippen LogP contribution in [0.5, 0.6) is 11.5 Å². The lowest BCUT2D eigenvalue weighted by Gasteiger charge is -2.16. The smallest absolute Gasteiger partial charge is 0.255 e. The number of nitrogens with one attached hydrogen (secondary N) is 2. The van der Waals surface area contributed by atoms with Gasteiger partial charge in [-0.05, 0) is 67.1 Å². The molecule has 1 aliphatic heterocycles. The second-order valence-electron chi connectivity index (χ2n) is 8.30. The Kier molecular flexibility index (Phi) is 7.38. The summed E-state index contributed by atoms with van der Waals surface area (Å²) in [6.07, 6.45) is 1.32. The molecule has 190 valence electrons. The molecule has 4 amide bonds. The number of amides is 4. The Morgan fingerprint density at radius 3 is 2.03 bits per heavy atom. The maximum Gasteiger partial charge on any atom is 0.255 e. The van der Waals surface area contributed by atoms with Crippen LogP contribution in [0.25, 0.3) is 0 Å². The van der Waals surface area contributed by atoms with Crippen molar-refractivity contribution >= 4 is 40.7 Å². The van der Waals surface area contributed by atoms with E-state index in [4.69, 9.17) is 15.2 Å². The highest BCUT2D eigenvalue weighted by molar-refractivity contribution is 6.11. The summed E-state index contributed by atoms with van der Waals surface area (Å²) in [4.78, 5) is 51.4. The highest BCUT2D eigenvalue weighted by Crippen LogP contribution is 2.29. The molecule has 10 heteroatoms. The number of primary amides is 1. The second-order valence-corrected chi connectivity index (χ2v) is 8.30. The van der Waals surface area contributed by atoms with Crippen molar-refractivity contribution in [1.82, 2.24) is 0 Å². The van der Waals surface area contributed by atoms with Gasteiger partial charge in [-0.1, -0.05) is 0 Å². The van der Waals surface area contributed by atoms with Gasteiger partial charge in [0.25, 0.3) is 11.8 Å². The number of methoxy groups -OCH3 is 2. The first-order valence-corrected chi connectivity index (χ1v) is 11.5. The van der Waals surface area contributed by atoms with Gasteiger partial charge in [0.1, 0.15) is 0 Å². The fraction of sp³-hybridized carbons (Fsp3) is 0.185. The van der Waals surface area contributed by atoms with Gasteiger partial charge in [-0.25, -0.2) is 0 Å². The van der Waals surface area contributed by atoms with E-state index in [1.165, 1.54) is 38.5 Å². The fourth-order valence-electron chi connectivity index (χ4n) is 3.99. The Hall–Kier alpha value is -4.86. The summed E-state index contributed by atoms with van der Waals surface area (Å²) in [5.41, 5.74) is 7.37. The monoisotopic (exact) mass is 502 g/mol. The van der Waals surface area contributed by atoms with Crippen molar-refractivity contribution in [3.63, 3.8) is 0 Å². The van der Waals surface area contributed by atoms with E-state index < -0.39 is 17.7 Å². The van der Waals surface area contributed by atoms with Crippen LogP contribution in [-0.4, -0.2) is 44.4 Å². The Balaban J connectivity index is 1.56. The highest BCUT2D eigenvalue weighted by atomic mass is 16.5. The standard InChI is InChI=1S/C27H26N4O6/c1-36-22-12-8-18(15-23(22)37-2)27(35)30-21-14-17(25(28)33)7-11-20(21)29-26(34)16-5-9-19(10-6-16)31-13-3-4-24(31)32/h5-12,14-15H,3-4,13H2,1-2H3,(H2,28,33)(H,29,34)(H,30,35). The molecule has 0 atom stereocenters. The highest BCUT2D eigenvalue weighted by Gasteiger charge is 2.22. The van der Waals surface area contributed by atoms with Gasteiger partial charge in [0.05, 0.1) is 25.6 Å². The predicted octanol–water partition coefficient (Wildman–Crippen LogP) is 3.43. The van der Waals surface area contributed by atoms with E-state index in [1.54, 1.807) is 41.3 Å². The molecule has 0 spiro atoms. The molecule has 1 heterocycles. The van der Waals surface area contributed by atoms with Crippen LogP contribution in [0.2, 0.25) is 0 Å². The minimum Gasteiger partial charge on any atom is -0.493 e. The molecule has 0 bridgehead atoms. The van der Waals surface area contributed by atoms with E-state index in [-0.39, 0.29) is 28.4 Å². The first kappa shape index (κ1) is 25.2. The van der Waals surface area contributed by atoms with Gasteiger partial charge in [-0.3, -0.25) is 19.2 Å². The van der Waals surface area contributed by atoms with E-state index in [9.17, 15) is 19.2 Å². The molecule has 3 aromatic rings. The topological polar surface area (TPSA) is 140 Å². The van der Waals surface area contributed by atoms with Crippen molar-refractivity contribution in [2.75, 3.05) is 36.3 Å². The van der Waals surface area contributed by atoms with E-state index in [2.05, 4.69) is 10.6 Å². The van der Waals surface area contributed by atoms with Gasteiger partial charge in [0.2, 0.25) is 11.8 Å². The lowest BCUT2D eigenvalue weighted by atomic mass is 10.1. The van der Waals surface area contributed by atoms with Crippen LogP contribution < -0.4 is 30.7 Å². The Morgan fingerprint density at radius 1 is 0.784 bits per heavy atom. The van der Waals surface area contributed by atoms with Gasteiger partial charge in [-0.15, -0.1) is 0 Å². The molecule has 3 aromatic carbocycles. The minimum atomic E-state index is -0.688. The van der Waals surface area contributed by atoms with Gasteiger partial charge in [-0.2, -0.15) is 0 Å². The molecule has 0 aliphatic carbocycles. The lowest BCUT2D eigenvalue weighted by molar-refractivity contribution is -0.117. The van der Waals surface area contributed by atoms with Gasteiger partial charge >= 0.3 is 0 Å². The summed E-state index contributed by atoms with van der Waals surface area (Å²) >= 11 is 0. The number of carbonyl (C=O) groups is 4. The summed E-state index contributed by atoms with van der Waals surface area (Å²) in [7, 11) is 2.94. The third-order valence-electron chi connectivity index (χ3n) is 5.96. The third-order valence-corrected chi connectivity index (χ3v) is 5.96. The maximum absolute atomic E-state index is 13.0. The van der Waals surface area contributed by atoms with Crippen LogP contribution in [0.1, 0.15) is 43.9 Å². The lowest BCUT2D eigenvalue weighted by Crippen LogP contribution is -2.23. The molecule has 10 nitrogen and oxygen atoms in total. The molecule has 1 fully saturated rings. The number of ether oxygens (including phenoxy) is 2. The van der Waals surface area contributed by atoms with Crippen LogP contribution in [0, 0.1) is 0 Å². The third kappa shape index (κ3) is 5.53. The molecular weight excluding hydrogens is 476 g/mol. The van der Waals surface area contributed by atoms with Gasteiger partial charge in [0, 0.05) is 35.3 Å². The van der Waals surface area contributed by atoms with Crippen LogP contribution in [0.15, 0.2) is 60.7 Å². The van der Waals surface area contributed by atoms with Crippen molar-refractivity contribution in [2.45, 2.75) is 12.8 Å². The van der Waals surface area contributed by atoms with Crippen molar-refractivity contribution in [3.05, 3.63) is 77.4 Å². The Morgan fingerprint density at radius 2 is 1.41 bits per heavy atom. The molecule has 0 radical (unpaired) electrons. The number of carbonyl (C=O) groups excluding carboxylic acids is 4. The zero-order chi connectivity index (χ0) is 26.5. The normalized spacial score (nSPS) is 12.7. The molecule has 0 saturated carbocycles. The Bertz CT molecular complexity index is 1370. The molecule has 0 unspecified atom stereocenters. The van der Waals surface area contributed by atoms with Crippen LogP contribution in [0.3, 0.4) is 0 Å². The number of nitrogens with zero attached hydrogens (tertiary/aromatic N) is 1. The molecule has 1 saturated heterocycles. The minimum absolute atomic E-state index is 0.0570. The maximum atomic E-state index is 13.0. The first-order valence-electron chi connectivity index (χ1n) is 11.5. The number of rotatable bonds is 8. The van der Waals surface area contributed by atoms with E-state index in [1.807, 2.05) is 0 Å². The number of benzene rings is 3. The van der Waals surface area contributed by atoms with Crippen LogP contribution in [-0.2, 0) is 4.79 Å². The van der Waals surface area contributed by atoms with Crippen molar-refractivity contribution in [3.8, 4) is 11.5 Å². The molecular formula is C27H26N4O6. The number of anilines is 3. The zero-order valence-electron chi connectivity index (χ0n) is 20.4. The molecule has 1 aliphatic rings. The number of hydrogen-bond acceptors (Lipinski definition) is 6. The average Bonchev–Trinajstić information content (AvgIpc) is 3.34. The Labute approximate surface area is 213 Å². The van der Waals surface area contributed by atoms with E-state index in [0.717, 1.165) is 12.1 Å². The summed E-state index contributed by atoms with van der Waals surface area (Å²) in [6.45, 7) is 0.652. The zero-order valence-corrected chi connectivity index (χ0v) is 20.4. The number of hydrogen-bond donors (Lipinski definition) is 3. The fourth-order valence-corrected chi connectivity index (χ4v) is 3.99. The first-order chi connectivity index (χ1) is 17.8. The molecule has 0 aromatic heterocycles. The molecule has 4 rings (SSSR count). The van der Waals surface area contributed by atoms with E-state index in [0.29, 0.717) is 30.0 Å². The predicted molar refractivity (Wildman–Crippen MR) is 138 cm³/mol. The average molecular weight is 503 g/mol. The largest absolute Gasteiger partial charge is 0.493 e. The van der Waals surface area contributed by atoms with E-state index >= 15 is 0 Å². The molecule has 37 heavy (non-hydrogen) atoms. The second kappa shape index (κ2) is 10.8. The molecule has 4 N–H and O–H groups in total. The number of nitrogens with two attached hydrogens (primary N) is 1. The van der Waals surface area contributed by atoms with Crippen LogP contribution in [0.4, 0.5) is 17.1 Å².